The minimum absolute atomic E-state index is 0.250. The van der Waals surface area contributed by atoms with E-state index in [1.807, 2.05) is 0 Å². The summed E-state index contributed by atoms with van der Waals surface area (Å²) in [4.78, 5) is 15.9. The number of anilines is 1. The number of hydrogen-bond donors (Lipinski definition) is 1. The van der Waals surface area contributed by atoms with Crippen LogP contribution in [0.5, 0.6) is 0 Å². The van der Waals surface area contributed by atoms with Gasteiger partial charge in [-0.1, -0.05) is 6.07 Å². The summed E-state index contributed by atoms with van der Waals surface area (Å²) in [5.74, 6) is -1.62. The number of carbonyl (C=O) groups excluding carboxylic acids is 1. The highest BCUT2D eigenvalue weighted by molar-refractivity contribution is 9.10. The van der Waals surface area contributed by atoms with Crippen molar-refractivity contribution in [3.8, 4) is 0 Å². The van der Waals surface area contributed by atoms with E-state index >= 15 is 0 Å². The van der Waals surface area contributed by atoms with Crippen molar-refractivity contribution >= 4 is 27.7 Å². The highest BCUT2D eigenvalue weighted by Crippen LogP contribution is 2.18. The maximum absolute atomic E-state index is 13.4. The summed E-state index contributed by atoms with van der Waals surface area (Å²) in [6.07, 6.45) is 1.15. The minimum atomic E-state index is -0.736. The Hall–Kier alpha value is -1.82. The Morgan fingerprint density at radius 1 is 1.35 bits per heavy atom. The normalized spacial score (nSPS) is 10.4. The van der Waals surface area contributed by atoms with Crippen LogP contribution in [0.15, 0.2) is 34.9 Å². The molecule has 1 amide bonds. The molecule has 1 heterocycles. The Balaban J connectivity index is 2.13. The van der Waals surface area contributed by atoms with Gasteiger partial charge in [0.25, 0.3) is 0 Å². The molecule has 3 nitrogen and oxygen atoms in total. The fourth-order valence-corrected chi connectivity index (χ4v) is 2.16. The fourth-order valence-electron chi connectivity index (χ4n) is 1.71. The first kappa shape index (κ1) is 14.6. The third-order valence-corrected chi connectivity index (χ3v) is 3.14. The summed E-state index contributed by atoms with van der Waals surface area (Å²) >= 11 is 3.26. The van der Waals surface area contributed by atoms with E-state index in [2.05, 4.69) is 26.2 Å². The van der Waals surface area contributed by atoms with Crippen LogP contribution in [0.3, 0.4) is 0 Å². The zero-order valence-corrected chi connectivity index (χ0v) is 12.2. The molecule has 0 fully saturated rings. The molecular formula is C14H11BrF2N2O. The van der Waals surface area contributed by atoms with Crippen LogP contribution in [0.2, 0.25) is 0 Å². The topological polar surface area (TPSA) is 42.0 Å². The molecular weight excluding hydrogens is 330 g/mol. The summed E-state index contributed by atoms with van der Waals surface area (Å²) in [5, 5.41) is 2.54. The molecule has 0 spiro atoms. The van der Waals surface area contributed by atoms with Gasteiger partial charge in [-0.15, -0.1) is 0 Å². The Labute approximate surface area is 123 Å². The number of rotatable bonds is 3. The molecule has 6 heteroatoms. The van der Waals surface area contributed by atoms with Crippen molar-refractivity contribution < 1.29 is 13.6 Å². The smallest absolute Gasteiger partial charge is 0.230 e. The van der Waals surface area contributed by atoms with Crippen LogP contribution >= 0.6 is 15.9 Å². The van der Waals surface area contributed by atoms with Crippen LogP contribution in [0, 0.1) is 18.6 Å². The maximum Gasteiger partial charge on any atom is 0.230 e. The first-order valence-corrected chi connectivity index (χ1v) is 6.61. The van der Waals surface area contributed by atoms with Gasteiger partial charge in [-0.25, -0.2) is 13.8 Å². The summed E-state index contributed by atoms with van der Waals surface area (Å²) in [5.41, 5.74) is 0.501. The van der Waals surface area contributed by atoms with E-state index in [9.17, 15) is 13.6 Å². The van der Waals surface area contributed by atoms with Crippen LogP contribution in [0.4, 0.5) is 14.6 Å². The SMILES string of the molecule is Cc1cc(Br)cnc1NC(=O)Cc1c(F)cccc1F. The molecule has 1 N–H and O–H groups in total. The highest BCUT2D eigenvalue weighted by atomic mass is 79.9. The van der Waals surface area contributed by atoms with Crippen LogP contribution in [0.25, 0.3) is 0 Å². The molecule has 0 bridgehead atoms. The van der Waals surface area contributed by atoms with Crippen molar-refractivity contribution in [2.45, 2.75) is 13.3 Å². The van der Waals surface area contributed by atoms with E-state index in [4.69, 9.17) is 0 Å². The quantitative estimate of drug-likeness (QED) is 0.927. The molecule has 1 aromatic heterocycles. The number of nitrogens with zero attached hydrogens (tertiary/aromatic N) is 1. The first-order chi connectivity index (χ1) is 9.47. The summed E-state index contributed by atoms with van der Waals surface area (Å²) < 4.78 is 27.7. The molecule has 0 saturated carbocycles. The van der Waals surface area contributed by atoms with E-state index in [-0.39, 0.29) is 12.0 Å². The van der Waals surface area contributed by atoms with Gasteiger partial charge >= 0.3 is 0 Å². The standard InChI is InChI=1S/C14H11BrF2N2O/c1-8-5-9(15)7-18-14(8)19-13(20)6-10-11(16)3-2-4-12(10)17/h2-5,7H,6H2,1H3,(H,18,19,20). The number of aromatic nitrogens is 1. The number of carbonyl (C=O) groups is 1. The van der Waals surface area contributed by atoms with Gasteiger partial charge in [0.05, 0.1) is 6.42 Å². The largest absolute Gasteiger partial charge is 0.310 e. The molecule has 2 rings (SSSR count). The van der Waals surface area contributed by atoms with Crippen LogP contribution in [-0.4, -0.2) is 10.9 Å². The lowest BCUT2D eigenvalue weighted by atomic mass is 10.1. The molecule has 20 heavy (non-hydrogen) atoms. The average molecular weight is 341 g/mol. The number of nitrogens with one attached hydrogen (secondary N) is 1. The predicted octanol–water partition coefficient (Wildman–Crippen LogP) is 3.61. The maximum atomic E-state index is 13.4. The van der Waals surface area contributed by atoms with Crippen molar-refractivity contribution in [3.63, 3.8) is 0 Å². The molecule has 1 aromatic carbocycles. The summed E-state index contributed by atoms with van der Waals surface area (Å²) in [7, 11) is 0. The van der Waals surface area contributed by atoms with Gasteiger partial charge in [0.15, 0.2) is 0 Å². The second-order valence-corrected chi connectivity index (χ2v) is 5.16. The molecule has 104 valence electrons. The monoisotopic (exact) mass is 340 g/mol. The lowest BCUT2D eigenvalue weighted by Crippen LogP contribution is -2.17. The van der Waals surface area contributed by atoms with Gasteiger partial charge in [-0.2, -0.15) is 0 Å². The molecule has 0 radical (unpaired) electrons. The van der Waals surface area contributed by atoms with Crippen LogP contribution in [-0.2, 0) is 11.2 Å². The van der Waals surface area contributed by atoms with Gasteiger partial charge in [0, 0.05) is 16.2 Å². The van der Waals surface area contributed by atoms with Gasteiger partial charge in [0.2, 0.25) is 5.91 Å². The number of benzene rings is 1. The summed E-state index contributed by atoms with van der Waals surface area (Å²) in [6, 6.07) is 5.28. The Kier molecular flexibility index (Phi) is 4.44. The zero-order valence-electron chi connectivity index (χ0n) is 10.6. The number of amides is 1. The van der Waals surface area contributed by atoms with Crippen molar-refractivity contribution in [2.75, 3.05) is 5.32 Å². The van der Waals surface area contributed by atoms with Crippen LogP contribution < -0.4 is 5.32 Å². The van der Waals surface area contributed by atoms with E-state index in [0.717, 1.165) is 22.2 Å². The Morgan fingerprint density at radius 2 is 2.00 bits per heavy atom. The summed E-state index contributed by atoms with van der Waals surface area (Å²) in [6.45, 7) is 1.77. The molecule has 0 atom stereocenters. The Bertz CT molecular complexity index is 641. The third-order valence-electron chi connectivity index (χ3n) is 2.70. The lowest BCUT2D eigenvalue weighted by Gasteiger charge is -2.08. The van der Waals surface area contributed by atoms with Crippen molar-refractivity contribution in [2.24, 2.45) is 0 Å². The van der Waals surface area contributed by atoms with Crippen molar-refractivity contribution in [3.05, 3.63) is 57.7 Å². The van der Waals surface area contributed by atoms with Crippen LogP contribution in [0.1, 0.15) is 11.1 Å². The van der Waals surface area contributed by atoms with Crippen molar-refractivity contribution in [1.29, 1.82) is 0 Å². The van der Waals surface area contributed by atoms with E-state index in [1.54, 1.807) is 13.0 Å². The third kappa shape index (κ3) is 3.39. The van der Waals surface area contributed by atoms with Gasteiger partial charge in [-0.3, -0.25) is 4.79 Å². The van der Waals surface area contributed by atoms with Gasteiger partial charge in [0.1, 0.15) is 17.5 Å². The van der Waals surface area contributed by atoms with E-state index < -0.39 is 17.5 Å². The van der Waals surface area contributed by atoms with E-state index in [1.165, 1.54) is 12.3 Å². The number of aryl methyl sites for hydroxylation is 1. The molecule has 0 aliphatic carbocycles. The number of halogens is 3. The van der Waals surface area contributed by atoms with E-state index in [0.29, 0.717) is 5.82 Å². The molecule has 2 aromatic rings. The first-order valence-electron chi connectivity index (χ1n) is 5.82. The second kappa shape index (κ2) is 6.09. The molecule has 0 aliphatic heterocycles. The molecule has 0 aliphatic rings. The number of hydrogen-bond acceptors (Lipinski definition) is 2. The Morgan fingerprint density at radius 3 is 2.60 bits per heavy atom. The molecule has 0 saturated heterocycles. The van der Waals surface area contributed by atoms with Crippen molar-refractivity contribution in [1.82, 2.24) is 4.98 Å². The minimum Gasteiger partial charge on any atom is -0.310 e. The van der Waals surface area contributed by atoms with Gasteiger partial charge < -0.3 is 5.32 Å². The zero-order chi connectivity index (χ0) is 14.7. The van der Waals surface area contributed by atoms with Gasteiger partial charge in [-0.05, 0) is 46.6 Å². The predicted molar refractivity (Wildman–Crippen MR) is 75.4 cm³/mol. The molecule has 0 unspecified atom stereocenters. The lowest BCUT2D eigenvalue weighted by molar-refractivity contribution is -0.115. The second-order valence-electron chi connectivity index (χ2n) is 4.24. The number of pyridine rings is 1. The average Bonchev–Trinajstić information content (AvgIpc) is 2.37. The fraction of sp³-hybridized carbons (Fsp3) is 0.143. The highest BCUT2D eigenvalue weighted by Gasteiger charge is 2.14.